The zero-order chi connectivity index (χ0) is 20.2. The molecule has 0 bridgehead atoms. The minimum Gasteiger partial charge on any atom is -0.466 e. The lowest BCUT2D eigenvalue weighted by atomic mass is 10.0. The van der Waals surface area contributed by atoms with E-state index in [1.165, 1.54) is 0 Å². The molecule has 0 spiro atoms. The molecule has 148 valence electrons. The first kappa shape index (κ1) is 21.4. The summed E-state index contributed by atoms with van der Waals surface area (Å²) >= 11 is 0. The van der Waals surface area contributed by atoms with Crippen LogP contribution in [0.3, 0.4) is 0 Å². The number of carbonyl (C=O) groups excluding carboxylic acids is 3. The van der Waals surface area contributed by atoms with Gasteiger partial charge < -0.3 is 10.1 Å². The molecule has 0 unspecified atom stereocenters. The molecule has 0 saturated heterocycles. The van der Waals surface area contributed by atoms with Crippen LogP contribution in [0.25, 0.3) is 0 Å². The summed E-state index contributed by atoms with van der Waals surface area (Å²) in [7, 11) is 0. The van der Waals surface area contributed by atoms with Crippen molar-refractivity contribution in [2.24, 2.45) is 0 Å². The summed E-state index contributed by atoms with van der Waals surface area (Å²) in [4.78, 5) is 35.4. The Morgan fingerprint density at radius 1 is 0.821 bits per heavy atom. The summed E-state index contributed by atoms with van der Waals surface area (Å²) in [6.45, 7) is 2.14. The minimum atomic E-state index is -0.263. The van der Waals surface area contributed by atoms with E-state index in [0.29, 0.717) is 44.4 Å². The third kappa shape index (κ3) is 8.16. The quantitative estimate of drug-likeness (QED) is 0.470. The lowest BCUT2D eigenvalue weighted by molar-refractivity contribution is -0.142. The number of benzene rings is 2. The highest BCUT2D eigenvalue weighted by Gasteiger charge is 2.07. The molecule has 0 radical (unpaired) electrons. The van der Waals surface area contributed by atoms with Gasteiger partial charge in [0, 0.05) is 24.9 Å². The molecule has 0 heterocycles. The largest absolute Gasteiger partial charge is 0.466 e. The molecule has 1 N–H and O–H groups in total. The SMILES string of the molecule is CCOC(=O)Cc1ccc(NC(=O)CCCCC(=O)Cc2ccccc2)cc1. The van der Waals surface area contributed by atoms with Crippen LogP contribution in [-0.2, 0) is 32.0 Å². The Labute approximate surface area is 166 Å². The van der Waals surface area contributed by atoms with E-state index in [4.69, 9.17) is 4.74 Å². The molecular weight excluding hydrogens is 354 g/mol. The first-order valence-electron chi connectivity index (χ1n) is 9.67. The summed E-state index contributed by atoms with van der Waals surface area (Å²) in [5.74, 6) is -0.140. The van der Waals surface area contributed by atoms with Gasteiger partial charge in [0.15, 0.2) is 0 Å². The number of anilines is 1. The Morgan fingerprint density at radius 2 is 1.46 bits per heavy atom. The van der Waals surface area contributed by atoms with Crippen LogP contribution >= 0.6 is 0 Å². The van der Waals surface area contributed by atoms with Gasteiger partial charge in [-0.25, -0.2) is 0 Å². The molecule has 0 aliphatic heterocycles. The van der Waals surface area contributed by atoms with Crippen LogP contribution in [0.15, 0.2) is 54.6 Å². The van der Waals surface area contributed by atoms with E-state index in [-0.39, 0.29) is 24.1 Å². The van der Waals surface area contributed by atoms with Gasteiger partial charge in [-0.2, -0.15) is 0 Å². The molecule has 0 fully saturated rings. The maximum Gasteiger partial charge on any atom is 0.310 e. The van der Waals surface area contributed by atoms with Crippen molar-refractivity contribution in [3.63, 3.8) is 0 Å². The molecule has 2 rings (SSSR count). The molecule has 0 aromatic heterocycles. The van der Waals surface area contributed by atoms with Crippen LogP contribution in [0.2, 0.25) is 0 Å². The zero-order valence-corrected chi connectivity index (χ0v) is 16.3. The topological polar surface area (TPSA) is 72.5 Å². The summed E-state index contributed by atoms with van der Waals surface area (Å²) in [6.07, 6.45) is 2.92. The second kappa shape index (κ2) is 11.7. The van der Waals surface area contributed by atoms with E-state index in [1.807, 2.05) is 30.3 Å². The van der Waals surface area contributed by atoms with Gasteiger partial charge in [-0.3, -0.25) is 14.4 Å². The van der Waals surface area contributed by atoms with Gasteiger partial charge in [-0.15, -0.1) is 0 Å². The van der Waals surface area contributed by atoms with E-state index in [1.54, 1.807) is 31.2 Å². The Balaban J connectivity index is 1.64. The number of ether oxygens (including phenoxy) is 1. The predicted molar refractivity (Wildman–Crippen MR) is 109 cm³/mol. The molecule has 0 saturated carbocycles. The van der Waals surface area contributed by atoms with Crippen molar-refractivity contribution >= 4 is 23.3 Å². The molecule has 0 aliphatic carbocycles. The van der Waals surface area contributed by atoms with Crippen molar-refractivity contribution in [2.75, 3.05) is 11.9 Å². The summed E-state index contributed by atoms with van der Waals surface area (Å²) in [6, 6.07) is 16.8. The third-order valence-corrected chi connectivity index (χ3v) is 4.25. The lowest BCUT2D eigenvalue weighted by Gasteiger charge is -2.07. The fraction of sp³-hybridized carbons (Fsp3) is 0.348. The van der Waals surface area contributed by atoms with Crippen molar-refractivity contribution in [2.45, 2.75) is 45.4 Å². The number of rotatable bonds is 11. The molecule has 2 aromatic carbocycles. The predicted octanol–water partition coefficient (Wildman–Crippen LogP) is 4.10. The van der Waals surface area contributed by atoms with Crippen molar-refractivity contribution < 1.29 is 19.1 Å². The molecule has 2 aromatic rings. The van der Waals surface area contributed by atoms with Crippen LogP contribution in [0.5, 0.6) is 0 Å². The Morgan fingerprint density at radius 3 is 2.14 bits per heavy atom. The van der Waals surface area contributed by atoms with Gasteiger partial charge in [0.1, 0.15) is 5.78 Å². The second-order valence-electron chi connectivity index (χ2n) is 6.64. The number of amides is 1. The van der Waals surface area contributed by atoms with E-state index in [9.17, 15) is 14.4 Å². The van der Waals surface area contributed by atoms with E-state index in [0.717, 1.165) is 11.1 Å². The number of hydrogen-bond donors (Lipinski definition) is 1. The van der Waals surface area contributed by atoms with Gasteiger partial charge in [-0.05, 0) is 43.0 Å². The van der Waals surface area contributed by atoms with E-state index < -0.39 is 0 Å². The monoisotopic (exact) mass is 381 g/mol. The Hall–Kier alpha value is -2.95. The van der Waals surface area contributed by atoms with E-state index >= 15 is 0 Å². The molecule has 0 atom stereocenters. The van der Waals surface area contributed by atoms with Crippen LogP contribution in [0.1, 0.15) is 43.7 Å². The minimum absolute atomic E-state index is 0.0753. The van der Waals surface area contributed by atoms with Crippen molar-refractivity contribution in [1.82, 2.24) is 0 Å². The van der Waals surface area contributed by atoms with Gasteiger partial charge in [-0.1, -0.05) is 42.5 Å². The Kier molecular flexibility index (Phi) is 8.92. The first-order chi connectivity index (χ1) is 13.6. The molecule has 1 amide bonds. The van der Waals surface area contributed by atoms with Crippen LogP contribution in [0.4, 0.5) is 5.69 Å². The van der Waals surface area contributed by atoms with Crippen molar-refractivity contribution in [3.05, 3.63) is 65.7 Å². The first-order valence-corrected chi connectivity index (χ1v) is 9.67. The molecule has 28 heavy (non-hydrogen) atoms. The average molecular weight is 381 g/mol. The van der Waals surface area contributed by atoms with Crippen LogP contribution in [0, 0.1) is 0 Å². The Bertz CT molecular complexity index is 769. The summed E-state index contributed by atoms with van der Waals surface area (Å²) in [5.41, 5.74) is 2.56. The maximum atomic E-state index is 12.0. The fourth-order valence-corrected chi connectivity index (χ4v) is 2.83. The molecule has 0 aliphatic rings. The maximum absolute atomic E-state index is 12.0. The van der Waals surface area contributed by atoms with Gasteiger partial charge in [0.05, 0.1) is 13.0 Å². The molecule has 5 heteroatoms. The van der Waals surface area contributed by atoms with Gasteiger partial charge in [0.2, 0.25) is 5.91 Å². The van der Waals surface area contributed by atoms with Crippen LogP contribution < -0.4 is 5.32 Å². The van der Waals surface area contributed by atoms with Crippen molar-refractivity contribution in [1.29, 1.82) is 0 Å². The number of carbonyl (C=O) groups is 3. The number of nitrogens with one attached hydrogen (secondary N) is 1. The number of esters is 1. The number of unbranched alkanes of at least 4 members (excludes halogenated alkanes) is 1. The smallest absolute Gasteiger partial charge is 0.310 e. The third-order valence-electron chi connectivity index (χ3n) is 4.25. The standard InChI is InChI=1S/C23H27NO4/c1-2-28-23(27)17-19-12-14-20(15-13-19)24-22(26)11-7-6-10-21(25)16-18-8-4-3-5-9-18/h3-5,8-9,12-15H,2,6-7,10-11,16-17H2,1H3,(H,24,26). The summed E-state index contributed by atoms with van der Waals surface area (Å²) in [5, 5.41) is 2.84. The highest BCUT2D eigenvalue weighted by molar-refractivity contribution is 5.90. The highest BCUT2D eigenvalue weighted by Crippen LogP contribution is 2.12. The summed E-state index contributed by atoms with van der Waals surface area (Å²) < 4.78 is 4.91. The van der Waals surface area contributed by atoms with Crippen LogP contribution in [-0.4, -0.2) is 24.3 Å². The van der Waals surface area contributed by atoms with E-state index in [2.05, 4.69) is 5.32 Å². The van der Waals surface area contributed by atoms with Gasteiger partial charge in [0.25, 0.3) is 0 Å². The lowest BCUT2D eigenvalue weighted by Crippen LogP contribution is -2.12. The zero-order valence-electron chi connectivity index (χ0n) is 16.3. The highest BCUT2D eigenvalue weighted by atomic mass is 16.5. The number of ketones is 1. The normalized spacial score (nSPS) is 10.3. The number of Topliss-reactive ketones (excluding diaryl/α,β-unsaturated/α-hetero) is 1. The average Bonchev–Trinajstić information content (AvgIpc) is 2.68. The van der Waals surface area contributed by atoms with Crippen molar-refractivity contribution in [3.8, 4) is 0 Å². The second-order valence-corrected chi connectivity index (χ2v) is 6.64. The van der Waals surface area contributed by atoms with Gasteiger partial charge >= 0.3 is 5.97 Å². The number of hydrogen-bond acceptors (Lipinski definition) is 4. The molecular formula is C23H27NO4. The fourth-order valence-electron chi connectivity index (χ4n) is 2.83. The molecule has 5 nitrogen and oxygen atoms in total.